The van der Waals surface area contributed by atoms with Crippen molar-refractivity contribution in [3.8, 4) is 5.69 Å². The first-order valence-electron chi connectivity index (χ1n) is 7.51. The second-order valence-corrected chi connectivity index (χ2v) is 5.49. The third-order valence-corrected chi connectivity index (χ3v) is 3.53. The van der Waals surface area contributed by atoms with Crippen molar-refractivity contribution in [2.45, 2.75) is 6.54 Å². The van der Waals surface area contributed by atoms with Crippen LogP contribution in [-0.2, 0) is 6.54 Å². The molecular weight excluding hydrogens is 304 g/mol. The van der Waals surface area contributed by atoms with Crippen LogP contribution in [0.4, 0.5) is 5.69 Å². The molecule has 0 fully saturated rings. The Kier molecular flexibility index (Phi) is 4.51. The second-order valence-electron chi connectivity index (χ2n) is 5.49. The maximum atomic E-state index is 12.2. The molecule has 1 amide bonds. The van der Waals surface area contributed by atoms with Crippen molar-refractivity contribution >= 4 is 11.6 Å². The van der Waals surface area contributed by atoms with Crippen LogP contribution in [-0.4, -0.2) is 40.0 Å². The summed E-state index contributed by atoms with van der Waals surface area (Å²) in [6.45, 7) is 0.314. The van der Waals surface area contributed by atoms with E-state index in [0.717, 1.165) is 11.4 Å². The van der Waals surface area contributed by atoms with E-state index < -0.39 is 0 Å². The number of rotatable bonds is 5. The minimum Gasteiger partial charge on any atom is -0.378 e. The summed E-state index contributed by atoms with van der Waals surface area (Å²) in [4.78, 5) is 18.2. The number of carbonyl (C=O) groups excluding carboxylic acids is 1. The molecule has 1 aromatic carbocycles. The van der Waals surface area contributed by atoms with Gasteiger partial charge in [0.15, 0.2) is 0 Å². The summed E-state index contributed by atoms with van der Waals surface area (Å²) >= 11 is 0. The van der Waals surface area contributed by atoms with Crippen LogP contribution in [0.5, 0.6) is 0 Å². The predicted molar refractivity (Wildman–Crippen MR) is 91.1 cm³/mol. The van der Waals surface area contributed by atoms with Crippen molar-refractivity contribution in [2.75, 3.05) is 19.0 Å². The lowest BCUT2D eigenvalue weighted by atomic mass is 10.2. The summed E-state index contributed by atoms with van der Waals surface area (Å²) in [5, 5.41) is 10.9. The van der Waals surface area contributed by atoms with Gasteiger partial charge in [0, 0.05) is 31.5 Å². The molecule has 7 heteroatoms. The lowest BCUT2D eigenvalue weighted by Gasteiger charge is -2.12. The van der Waals surface area contributed by atoms with Gasteiger partial charge in [-0.2, -0.15) is 0 Å². The van der Waals surface area contributed by atoms with Gasteiger partial charge in [0.25, 0.3) is 5.91 Å². The molecule has 0 unspecified atom stereocenters. The minimum absolute atomic E-state index is 0.142. The molecule has 0 aliphatic heterocycles. The number of nitrogens with one attached hydrogen (secondary N) is 1. The summed E-state index contributed by atoms with van der Waals surface area (Å²) < 4.78 is 1.63. The number of aromatic nitrogens is 4. The zero-order valence-electron chi connectivity index (χ0n) is 13.5. The minimum atomic E-state index is -0.142. The monoisotopic (exact) mass is 322 g/mol. The Morgan fingerprint density at radius 3 is 2.67 bits per heavy atom. The summed E-state index contributed by atoms with van der Waals surface area (Å²) in [7, 11) is 3.92. The van der Waals surface area contributed by atoms with Crippen LogP contribution in [0.25, 0.3) is 5.69 Å². The number of amides is 1. The Bertz CT molecular complexity index is 811. The van der Waals surface area contributed by atoms with Gasteiger partial charge in [-0.1, -0.05) is 5.21 Å². The van der Waals surface area contributed by atoms with Gasteiger partial charge in [0.05, 0.1) is 24.6 Å². The molecular formula is C17H18N6O. The maximum absolute atomic E-state index is 12.2. The summed E-state index contributed by atoms with van der Waals surface area (Å²) in [5.41, 5.74) is 3.16. The fourth-order valence-electron chi connectivity index (χ4n) is 2.18. The van der Waals surface area contributed by atoms with E-state index >= 15 is 0 Å². The zero-order valence-corrected chi connectivity index (χ0v) is 13.5. The Morgan fingerprint density at radius 2 is 2.00 bits per heavy atom. The van der Waals surface area contributed by atoms with Crippen molar-refractivity contribution in [3.63, 3.8) is 0 Å². The number of carbonyl (C=O) groups is 1. The fourth-order valence-corrected chi connectivity index (χ4v) is 2.18. The summed E-state index contributed by atoms with van der Waals surface area (Å²) in [6, 6.07) is 11.1. The molecule has 122 valence electrons. The highest BCUT2D eigenvalue weighted by Gasteiger charge is 2.08. The molecule has 0 spiro atoms. The van der Waals surface area contributed by atoms with E-state index in [4.69, 9.17) is 0 Å². The van der Waals surface area contributed by atoms with Gasteiger partial charge in [-0.25, -0.2) is 4.68 Å². The molecule has 2 heterocycles. The van der Waals surface area contributed by atoms with Crippen LogP contribution >= 0.6 is 0 Å². The van der Waals surface area contributed by atoms with Crippen LogP contribution in [0.3, 0.4) is 0 Å². The Hall–Kier alpha value is -3.22. The fraction of sp³-hybridized carbons (Fsp3) is 0.176. The lowest BCUT2D eigenvalue weighted by molar-refractivity contribution is 0.0950. The molecule has 0 saturated carbocycles. The number of hydrogen-bond donors (Lipinski definition) is 1. The zero-order chi connectivity index (χ0) is 16.9. The molecule has 3 aromatic rings. The van der Waals surface area contributed by atoms with E-state index in [1.807, 2.05) is 43.3 Å². The van der Waals surface area contributed by atoms with Gasteiger partial charge in [-0.3, -0.25) is 9.78 Å². The molecule has 24 heavy (non-hydrogen) atoms. The number of benzene rings is 1. The van der Waals surface area contributed by atoms with Crippen molar-refractivity contribution in [1.82, 2.24) is 25.3 Å². The Morgan fingerprint density at radius 1 is 1.21 bits per heavy atom. The van der Waals surface area contributed by atoms with Crippen molar-refractivity contribution < 1.29 is 4.79 Å². The summed E-state index contributed by atoms with van der Waals surface area (Å²) in [5.74, 6) is -0.142. The van der Waals surface area contributed by atoms with Gasteiger partial charge < -0.3 is 10.2 Å². The average Bonchev–Trinajstić information content (AvgIpc) is 3.09. The highest BCUT2D eigenvalue weighted by atomic mass is 16.1. The van der Waals surface area contributed by atoms with Crippen LogP contribution in [0.1, 0.15) is 16.1 Å². The van der Waals surface area contributed by atoms with Gasteiger partial charge in [-0.15, -0.1) is 5.10 Å². The quantitative estimate of drug-likeness (QED) is 0.773. The lowest BCUT2D eigenvalue weighted by Crippen LogP contribution is -2.23. The van der Waals surface area contributed by atoms with Crippen LogP contribution < -0.4 is 10.2 Å². The number of nitrogens with zero attached hydrogens (tertiary/aromatic N) is 5. The predicted octanol–water partition coefficient (Wildman–Crippen LogP) is 1.66. The first-order chi connectivity index (χ1) is 11.6. The average molecular weight is 322 g/mol. The molecule has 0 bridgehead atoms. The van der Waals surface area contributed by atoms with Gasteiger partial charge in [-0.05, 0) is 36.4 Å². The van der Waals surface area contributed by atoms with E-state index in [9.17, 15) is 4.79 Å². The maximum Gasteiger partial charge on any atom is 0.251 e. The molecule has 0 aliphatic carbocycles. The van der Waals surface area contributed by atoms with Crippen LogP contribution in [0, 0.1) is 0 Å². The SMILES string of the molecule is CN(C)c1ccc(C(=O)NCc2cn(-c3cccnc3)nn2)cc1. The molecule has 0 saturated heterocycles. The molecule has 0 radical (unpaired) electrons. The van der Waals surface area contributed by atoms with Gasteiger partial charge in [0.1, 0.15) is 5.69 Å². The normalized spacial score (nSPS) is 10.4. The van der Waals surface area contributed by atoms with E-state index in [1.165, 1.54) is 0 Å². The number of anilines is 1. The molecule has 0 atom stereocenters. The van der Waals surface area contributed by atoms with Gasteiger partial charge >= 0.3 is 0 Å². The smallest absolute Gasteiger partial charge is 0.251 e. The van der Waals surface area contributed by atoms with E-state index in [0.29, 0.717) is 17.8 Å². The third kappa shape index (κ3) is 3.57. The molecule has 2 aromatic heterocycles. The summed E-state index contributed by atoms with van der Waals surface area (Å²) in [6.07, 6.45) is 5.17. The molecule has 3 rings (SSSR count). The number of pyridine rings is 1. The Labute approximate surface area is 139 Å². The van der Waals surface area contributed by atoms with E-state index in [1.54, 1.807) is 35.4 Å². The van der Waals surface area contributed by atoms with E-state index in [-0.39, 0.29) is 5.91 Å². The van der Waals surface area contributed by atoms with Gasteiger partial charge in [0.2, 0.25) is 0 Å². The molecule has 1 N–H and O–H groups in total. The van der Waals surface area contributed by atoms with Crippen molar-refractivity contribution in [3.05, 3.63) is 66.2 Å². The second kappa shape index (κ2) is 6.91. The first kappa shape index (κ1) is 15.7. The van der Waals surface area contributed by atoms with Crippen LogP contribution in [0.15, 0.2) is 55.0 Å². The third-order valence-electron chi connectivity index (χ3n) is 3.53. The largest absolute Gasteiger partial charge is 0.378 e. The van der Waals surface area contributed by atoms with Crippen molar-refractivity contribution in [2.24, 2.45) is 0 Å². The van der Waals surface area contributed by atoms with Crippen LogP contribution in [0.2, 0.25) is 0 Å². The Balaban J connectivity index is 1.61. The molecule has 7 nitrogen and oxygen atoms in total. The topological polar surface area (TPSA) is 75.9 Å². The molecule has 0 aliphatic rings. The highest BCUT2D eigenvalue weighted by Crippen LogP contribution is 2.12. The highest BCUT2D eigenvalue weighted by molar-refractivity contribution is 5.94. The van der Waals surface area contributed by atoms with E-state index in [2.05, 4.69) is 20.6 Å². The number of hydrogen-bond acceptors (Lipinski definition) is 5. The van der Waals surface area contributed by atoms with Crippen molar-refractivity contribution in [1.29, 1.82) is 0 Å². The standard InChI is InChI=1S/C17H18N6O/c1-22(2)15-7-5-13(6-8-15)17(24)19-10-14-12-23(21-20-14)16-4-3-9-18-11-16/h3-9,11-12H,10H2,1-2H3,(H,19,24). The first-order valence-corrected chi connectivity index (χ1v) is 7.51.